The zero-order valence-electron chi connectivity index (χ0n) is 8.04. The molecule has 3 nitrogen and oxygen atoms in total. The molecule has 0 fully saturated rings. The third-order valence-electron chi connectivity index (χ3n) is 2.06. The fourth-order valence-electron chi connectivity index (χ4n) is 1.25. The number of benzene rings is 1. The Bertz CT molecular complexity index is 551. The third-order valence-corrected chi connectivity index (χ3v) is 2.49. The van der Waals surface area contributed by atoms with Gasteiger partial charge in [0.2, 0.25) is 5.78 Å². The molecule has 2 aromatic rings. The zero-order chi connectivity index (χ0) is 11.7. The maximum Gasteiger partial charge on any atom is 0.228 e. The Kier molecular flexibility index (Phi) is 2.78. The molecule has 5 heteroatoms. The van der Waals surface area contributed by atoms with Crippen LogP contribution in [0.15, 0.2) is 39.4 Å². The largest absolute Gasteiger partial charge is 0.446 e. The summed E-state index contributed by atoms with van der Waals surface area (Å²) in [6.45, 7) is 0. The Morgan fingerprint density at radius 3 is 2.62 bits per heavy atom. The van der Waals surface area contributed by atoms with Gasteiger partial charge in [-0.1, -0.05) is 0 Å². The van der Waals surface area contributed by atoms with Gasteiger partial charge < -0.3 is 10.2 Å². The van der Waals surface area contributed by atoms with Crippen molar-refractivity contribution in [3.8, 4) is 0 Å². The Morgan fingerprint density at radius 2 is 2.06 bits per heavy atom. The maximum absolute atomic E-state index is 13.1. The first-order valence-electron chi connectivity index (χ1n) is 4.43. The van der Waals surface area contributed by atoms with Crippen LogP contribution in [0.2, 0.25) is 0 Å². The second-order valence-electron chi connectivity index (χ2n) is 3.17. The van der Waals surface area contributed by atoms with Crippen molar-refractivity contribution in [3.63, 3.8) is 0 Å². The lowest BCUT2D eigenvalue weighted by Crippen LogP contribution is -2.01. The fourth-order valence-corrected chi connectivity index (χ4v) is 1.55. The van der Waals surface area contributed by atoms with Gasteiger partial charge in [-0.05, 0) is 46.3 Å². The van der Waals surface area contributed by atoms with Gasteiger partial charge in [-0.3, -0.25) is 4.79 Å². The van der Waals surface area contributed by atoms with Crippen molar-refractivity contribution in [1.82, 2.24) is 0 Å². The summed E-state index contributed by atoms with van der Waals surface area (Å²) in [5, 5.41) is 0. The number of hydrogen-bond acceptors (Lipinski definition) is 3. The SMILES string of the molecule is Nc1ccc(C(=O)c2ccc(Br)o2)cc1F. The highest BCUT2D eigenvalue weighted by atomic mass is 79.9. The first-order valence-corrected chi connectivity index (χ1v) is 5.22. The van der Waals surface area contributed by atoms with Crippen LogP contribution in [0.1, 0.15) is 16.1 Å². The number of carbonyl (C=O) groups excluding carboxylic acids is 1. The number of furan rings is 1. The van der Waals surface area contributed by atoms with E-state index in [0.717, 1.165) is 6.07 Å². The van der Waals surface area contributed by atoms with E-state index in [-0.39, 0.29) is 22.8 Å². The fraction of sp³-hybridized carbons (Fsp3) is 0. The molecule has 0 unspecified atom stereocenters. The molecule has 1 aromatic heterocycles. The smallest absolute Gasteiger partial charge is 0.228 e. The van der Waals surface area contributed by atoms with Crippen molar-refractivity contribution < 1.29 is 13.6 Å². The van der Waals surface area contributed by atoms with Crippen LogP contribution in [0.25, 0.3) is 0 Å². The molecular formula is C11H7BrFNO2. The normalized spacial score (nSPS) is 10.4. The van der Waals surface area contributed by atoms with Gasteiger partial charge in [0.05, 0.1) is 5.69 Å². The Labute approximate surface area is 99.2 Å². The molecule has 2 rings (SSSR count). The molecular weight excluding hydrogens is 277 g/mol. The van der Waals surface area contributed by atoms with Crippen LogP contribution < -0.4 is 5.73 Å². The molecule has 2 N–H and O–H groups in total. The summed E-state index contributed by atoms with van der Waals surface area (Å²) in [5.74, 6) is -0.850. The standard InChI is InChI=1S/C11H7BrFNO2/c12-10-4-3-9(16-10)11(15)6-1-2-8(14)7(13)5-6/h1-5H,14H2. The van der Waals surface area contributed by atoms with E-state index >= 15 is 0 Å². The van der Waals surface area contributed by atoms with Crippen molar-refractivity contribution in [3.05, 3.63) is 52.1 Å². The Hall–Kier alpha value is -1.62. The van der Waals surface area contributed by atoms with E-state index in [2.05, 4.69) is 15.9 Å². The van der Waals surface area contributed by atoms with Crippen LogP contribution in [0.5, 0.6) is 0 Å². The van der Waals surface area contributed by atoms with Crippen molar-refractivity contribution in [2.45, 2.75) is 0 Å². The highest BCUT2D eigenvalue weighted by Gasteiger charge is 2.14. The van der Waals surface area contributed by atoms with E-state index in [0.29, 0.717) is 4.67 Å². The molecule has 0 spiro atoms. The van der Waals surface area contributed by atoms with Crippen LogP contribution in [0.3, 0.4) is 0 Å². The van der Waals surface area contributed by atoms with Gasteiger partial charge in [0.25, 0.3) is 0 Å². The van der Waals surface area contributed by atoms with Gasteiger partial charge in [-0.2, -0.15) is 0 Å². The number of anilines is 1. The van der Waals surface area contributed by atoms with Gasteiger partial charge in [0.15, 0.2) is 10.4 Å². The minimum Gasteiger partial charge on any atom is -0.446 e. The van der Waals surface area contributed by atoms with Gasteiger partial charge in [0.1, 0.15) is 5.82 Å². The van der Waals surface area contributed by atoms with Crippen LogP contribution in [-0.4, -0.2) is 5.78 Å². The molecule has 0 radical (unpaired) electrons. The van der Waals surface area contributed by atoms with E-state index in [1.54, 1.807) is 6.07 Å². The van der Waals surface area contributed by atoms with Crippen LogP contribution in [-0.2, 0) is 0 Å². The lowest BCUT2D eigenvalue weighted by molar-refractivity contribution is 0.101. The molecule has 0 saturated heterocycles. The van der Waals surface area contributed by atoms with E-state index in [1.165, 1.54) is 18.2 Å². The van der Waals surface area contributed by atoms with Gasteiger partial charge in [-0.25, -0.2) is 4.39 Å². The summed E-state index contributed by atoms with van der Waals surface area (Å²) in [5.41, 5.74) is 5.53. The number of nitrogen functional groups attached to an aromatic ring is 1. The Morgan fingerprint density at radius 1 is 1.31 bits per heavy atom. The summed E-state index contributed by atoms with van der Waals surface area (Å²) >= 11 is 3.09. The minimum atomic E-state index is -0.614. The summed E-state index contributed by atoms with van der Waals surface area (Å²) < 4.78 is 18.7. The summed E-state index contributed by atoms with van der Waals surface area (Å²) in [7, 11) is 0. The molecule has 0 aliphatic heterocycles. The lowest BCUT2D eigenvalue weighted by atomic mass is 10.1. The van der Waals surface area contributed by atoms with Crippen molar-refractivity contribution in [2.24, 2.45) is 0 Å². The van der Waals surface area contributed by atoms with Gasteiger partial charge >= 0.3 is 0 Å². The third kappa shape index (κ3) is 1.99. The van der Waals surface area contributed by atoms with E-state index < -0.39 is 5.82 Å². The second-order valence-corrected chi connectivity index (χ2v) is 3.95. The lowest BCUT2D eigenvalue weighted by Gasteiger charge is -2.00. The molecule has 0 amide bonds. The molecule has 0 bridgehead atoms. The molecule has 0 atom stereocenters. The molecule has 0 aliphatic carbocycles. The highest BCUT2D eigenvalue weighted by molar-refractivity contribution is 9.10. The average molecular weight is 284 g/mol. The number of nitrogens with two attached hydrogens (primary N) is 1. The molecule has 1 heterocycles. The van der Waals surface area contributed by atoms with Gasteiger partial charge in [-0.15, -0.1) is 0 Å². The number of carbonyl (C=O) groups is 1. The average Bonchev–Trinajstić information content (AvgIpc) is 2.68. The number of halogens is 2. The van der Waals surface area contributed by atoms with Crippen LogP contribution >= 0.6 is 15.9 Å². The van der Waals surface area contributed by atoms with Crippen LogP contribution in [0, 0.1) is 5.82 Å². The van der Waals surface area contributed by atoms with Crippen molar-refractivity contribution in [2.75, 3.05) is 5.73 Å². The molecule has 1 aromatic carbocycles. The van der Waals surface area contributed by atoms with Crippen molar-refractivity contribution in [1.29, 1.82) is 0 Å². The van der Waals surface area contributed by atoms with Crippen molar-refractivity contribution >= 4 is 27.4 Å². The number of ketones is 1. The Balaban J connectivity index is 2.38. The topological polar surface area (TPSA) is 56.2 Å². The highest BCUT2D eigenvalue weighted by Crippen LogP contribution is 2.19. The summed E-state index contributed by atoms with van der Waals surface area (Å²) in [4.78, 5) is 11.8. The van der Waals surface area contributed by atoms with E-state index in [9.17, 15) is 9.18 Å². The molecule has 0 aliphatic rings. The monoisotopic (exact) mass is 283 g/mol. The summed E-state index contributed by atoms with van der Waals surface area (Å²) in [6.07, 6.45) is 0. The maximum atomic E-state index is 13.1. The predicted molar refractivity (Wildman–Crippen MR) is 60.7 cm³/mol. The van der Waals surface area contributed by atoms with E-state index in [4.69, 9.17) is 10.2 Å². The molecule has 0 saturated carbocycles. The first kappa shape index (κ1) is 10.9. The number of hydrogen-bond donors (Lipinski definition) is 1. The molecule has 16 heavy (non-hydrogen) atoms. The van der Waals surface area contributed by atoms with Crippen LogP contribution in [0.4, 0.5) is 10.1 Å². The first-order chi connectivity index (χ1) is 7.58. The zero-order valence-corrected chi connectivity index (χ0v) is 9.62. The quantitative estimate of drug-likeness (QED) is 0.681. The van der Waals surface area contributed by atoms with E-state index in [1.807, 2.05) is 0 Å². The number of rotatable bonds is 2. The predicted octanol–water partition coefficient (Wildman–Crippen LogP) is 2.99. The second kappa shape index (κ2) is 4.09. The minimum absolute atomic E-state index is 0.0113. The van der Waals surface area contributed by atoms with Gasteiger partial charge in [0, 0.05) is 5.56 Å². The molecule has 82 valence electrons. The summed E-state index contributed by atoms with van der Waals surface area (Å²) in [6, 6.07) is 7.01.